The number of hydrogen-bond donors (Lipinski definition) is 1. The van der Waals surface area contributed by atoms with Gasteiger partial charge in [-0.05, 0) is 40.6 Å². The number of carbonyl (C=O) groups is 1. The van der Waals surface area contributed by atoms with Crippen LogP contribution in [-0.4, -0.2) is 22.8 Å². The Morgan fingerprint density at radius 1 is 1.12 bits per heavy atom. The molecule has 1 heterocycles. The van der Waals surface area contributed by atoms with Gasteiger partial charge in [-0.25, -0.2) is 4.68 Å². The monoisotopic (exact) mass is 323 g/mol. The summed E-state index contributed by atoms with van der Waals surface area (Å²) in [5.74, 6) is 0.491. The molecule has 6 heteroatoms. The highest BCUT2D eigenvalue weighted by molar-refractivity contribution is 5.92. The first-order valence-corrected chi connectivity index (χ1v) is 7.46. The van der Waals surface area contributed by atoms with Crippen LogP contribution in [-0.2, 0) is 13.6 Å². The van der Waals surface area contributed by atoms with Crippen molar-refractivity contribution >= 4 is 16.7 Å². The summed E-state index contributed by atoms with van der Waals surface area (Å²) in [4.78, 5) is 23.4. The van der Waals surface area contributed by atoms with Crippen LogP contribution in [0.5, 0.6) is 5.75 Å². The topological polar surface area (TPSA) is 73.2 Å². The summed E-state index contributed by atoms with van der Waals surface area (Å²) in [6.07, 6.45) is 0. The fourth-order valence-corrected chi connectivity index (χ4v) is 2.41. The maximum atomic E-state index is 12.1. The van der Waals surface area contributed by atoms with Crippen molar-refractivity contribution in [3.05, 3.63) is 70.1 Å². The molecule has 6 nitrogen and oxygen atoms in total. The maximum Gasteiger partial charge on any atom is 0.271 e. The quantitative estimate of drug-likeness (QED) is 0.795. The molecule has 0 aliphatic heterocycles. The van der Waals surface area contributed by atoms with Crippen LogP contribution in [0.1, 0.15) is 16.1 Å². The third kappa shape index (κ3) is 3.27. The zero-order valence-corrected chi connectivity index (χ0v) is 13.4. The Balaban J connectivity index is 1.74. The highest BCUT2D eigenvalue weighted by atomic mass is 16.5. The van der Waals surface area contributed by atoms with Crippen molar-refractivity contribution in [3.8, 4) is 5.75 Å². The summed E-state index contributed by atoms with van der Waals surface area (Å²) >= 11 is 0. The summed E-state index contributed by atoms with van der Waals surface area (Å²) in [6.45, 7) is 0.380. The molecule has 0 atom stereocenters. The highest BCUT2D eigenvalue weighted by Crippen LogP contribution is 2.21. The number of benzene rings is 2. The van der Waals surface area contributed by atoms with Crippen molar-refractivity contribution in [1.82, 2.24) is 15.1 Å². The summed E-state index contributed by atoms with van der Waals surface area (Å²) < 4.78 is 6.35. The normalized spacial score (nSPS) is 10.6. The molecule has 0 radical (unpaired) electrons. The van der Waals surface area contributed by atoms with Gasteiger partial charge in [0.1, 0.15) is 11.4 Å². The fourth-order valence-electron chi connectivity index (χ4n) is 2.41. The van der Waals surface area contributed by atoms with Crippen LogP contribution >= 0.6 is 0 Å². The van der Waals surface area contributed by atoms with Gasteiger partial charge >= 0.3 is 0 Å². The molecule has 1 amide bonds. The number of methoxy groups -OCH3 is 1. The van der Waals surface area contributed by atoms with E-state index in [2.05, 4.69) is 10.4 Å². The second-order valence-electron chi connectivity index (χ2n) is 5.41. The van der Waals surface area contributed by atoms with Gasteiger partial charge in [0.25, 0.3) is 11.5 Å². The van der Waals surface area contributed by atoms with Crippen molar-refractivity contribution in [2.24, 2.45) is 7.05 Å². The number of aromatic nitrogens is 2. The first kappa shape index (κ1) is 15.7. The molecule has 0 spiro atoms. The molecule has 122 valence electrons. The Labute approximate surface area is 138 Å². The van der Waals surface area contributed by atoms with Crippen molar-refractivity contribution in [2.75, 3.05) is 7.11 Å². The lowest BCUT2D eigenvalue weighted by atomic mass is 10.1. The zero-order valence-electron chi connectivity index (χ0n) is 13.4. The molecule has 0 saturated carbocycles. The van der Waals surface area contributed by atoms with Crippen molar-refractivity contribution in [1.29, 1.82) is 0 Å². The Hall–Kier alpha value is -3.15. The van der Waals surface area contributed by atoms with Crippen LogP contribution in [0.15, 0.2) is 53.3 Å². The Morgan fingerprint density at radius 3 is 2.62 bits per heavy atom. The molecule has 0 saturated heterocycles. The summed E-state index contributed by atoms with van der Waals surface area (Å²) in [5, 5.41) is 8.89. The lowest BCUT2D eigenvalue weighted by Gasteiger charge is -2.08. The van der Waals surface area contributed by atoms with Gasteiger partial charge in [-0.1, -0.05) is 18.2 Å². The molecular formula is C18H17N3O3. The van der Waals surface area contributed by atoms with E-state index in [1.807, 2.05) is 36.4 Å². The van der Waals surface area contributed by atoms with Gasteiger partial charge in [0.2, 0.25) is 0 Å². The van der Waals surface area contributed by atoms with E-state index in [9.17, 15) is 9.59 Å². The molecule has 0 aliphatic rings. The lowest BCUT2D eigenvalue weighted by Crippen LogP contribution is -2.28. The molecule has 3 rings (SSSR count). The molecule has 0 unspecified atom stereocenters. The number of nitrogens with one attached hydrogen (secondary N) is 1. The van der Waals surface area contributed by atoms with Gasteiger partial charge in [0.05, 0.1) is 7.11 Å². The van der Waals surface area contributed by atoms with Gasteiger partial charge in [0.15, 0.2) is 0 Å². The molecule has 0 fully saturated rings. The molecule has 2 aromatic carbocycles. The minimum atomic E-state index is -0.319. The van der Waals surface area contributed by atoms with Gasteiger partial charge in [0, 0.05) is 19.7 Å². The van der Waals surface area contributed by atoms with Crippen molar-refractivity contribution in [3.63, 3.8) is 0 Å². The SMILES string of the molecule is COc1ccc2cc(CNC(=O)c3ccc(=O)n(C)n3)ccc2c1. The first-order valence-electron chi connectivity index (χ1n) is 7.46. The number of hydrogen-bond acceptors (Lipinski definition) is 4. The average Bonchev–Trinajstić information content (AvgIpc) is 2.61. The molecule has 0 aliphatic carbocycles. The largest absolute Gasteiger partial charge is 0.497 e. The van der Waals surface area contributed by atoms with Gasteiger partial charge in [-0.3, -0.25) is 9.59 Å². The molecular weight excluding hydrogens is 306 g/mol. The van der Waals surface area contributed by atoms with E-state index in [4.69, 9.17) is 4.74 Å². The standard InChI is InChI=1S/C18H17N3O3/c1-21-17(22)8-7-16(20-21)18(23)19-11-12-3-4-14-10-15(24-2)6-5-13(14)9-12/h3-10H,11H2,1-2H3,(H,19,23). The molecule has 24 heavy (non-hydrogen) atoms. The van der Waals surface area contributed by atoms with Gasteiger partial charge in [-0.2, -0.15) is 5.10 Å². The number of rotatable bonds is 4. The zero-order chi connectivity index (χ0) is 17.1. The first-order chi connectivity index (χ1) is 11.6. The number of carbonyl (C=O) groups excluding carboxylic acids is 1. The Bertz CT molecular complexity index is 963. The van der Waals surface area contributed by atoms with Crippen molar-refractivity contribution in [2.45, 2.75) is 6.54 Å². The van der Waals surface area contributed by atoms with E-state index >= 15 is 0 Å². The predicted molar refractivity (Wildman–Crippen MR) is 91.1 cm³/mol. The smallest absolute Gasteiger partial charge is 0.271 e. The van der Waals surface area contributed by atoms with Crippen LogP contribution in [0.2, 0.25) is 0 Å². The van der Waals surface area contributed by atoms with E-state index in [-0.39, 0.29) is 17.2 Å². The highest BCUT2D eigenvalue weighted by Gasteiger charge is 2.08. The second-order valence-corrected chi connectivity index (χ2v) is 5.41. The number of amides is 1. The number of ether oxygens (including phenoxy) is 1. The van der Waals surface area contributed by atoms with E-state index < -0.39 is 0 Å². The molecule has 3 aromatic rings. The summed E-state index contributed by atoms with van der Waals surface area (Å²) in [5.41, 5.74) is 0.935. The third-order valence-corrected chi connectivity index (χ3v) is 3.76. The fraction of sp³-hybridized carbons (Fsp3) is 0.167. The average molecular weight is 323 g/mol. The Kier molecular flexibility index (Phi) is 4.29. The lowest BCUT2D eigenvalue weighted by molar-refractivity contribution is 0.0943. The molecule has 0 bridgehead atoms. The van der Waals surface area contributed by atoms with Gasteiger partial charge in [-0.15, -0.1) is 0 Å². The Morgan fingerprint density at radius 2 is 1.88 bits per heavy atom. The van der Waals surface area contributed by atoms with E-state index in [1.165, 1.54) is 19.2 Å². The minimum Gasteiger partial charge on any atom is -0.497 e. The summed E-state index contributed by atoms with van der Waals surface area (Å²) in [6, 6.07) is 14.6. The van der Waals surface area contributed by atoms with Crippen LogP contribution in [0.25, 0.3) is 10.8 Å². The predicted octanol–water partition coefficient (Wildman–Crippen LogP) is 1.87. The molecule has 1 N–H and O–H groups in total. The van der Waals surface area contributed by atoms with E-state index in [0.29, 0.717) is 6.54 Å². The number of aryl methyl sites for hydroxylation is 1. The number of nitrogens with zero attached hydrogens (tertiary/aromatic N) is 2. The van der Waals surface area contributed by atoms with Gasteiger partial charge < -0.3 is 10.1 Å². The minimum absolute atomic E-state index is 0.211. The number of fused-ring (bicyclic) bond motifs is 1. The summed E-state index contributed by atoms with van der Waals surface area (Å²) in [7, 11) is 3.15. The van der Waals surface area contributed by atoms with Crippen LogP contribution < -0.4 is 15.6 Å². The van der Waals surface area contributed by atoms with Crippen LogP contribution in [0, 0.1) is 0 Å². The van der Waals surface area contributed by atoms with E-state index in [0.717, 1.165) is 26.8 Å². The van der Waals surface area contributed by atoms with Crippen molar-refractivity contribution < 1.29 is 9.53 Å². The maximum absolute atomic E-state index is 12.1. The van der Waals surface area contributed by atoms with Crippen LogP contribution in [0.4, 0.5) is 0 Å². The molecule has 1 aromatic heterocycles. The van der Waals surface area contributed by atoms with E-state index in [1.54, 1.807) is 7.11 Å². The second kappa shape index (κ2) is 6.54. The third-order valence-electron chi connectivity index (χ3n) is 3.76. The van der Waals surface area contributed by atoms with Crippen LogP contribution in [0.3, 0.4) is 0 Å².